The van der Waals surface area contributed by atoms with Crippen LogP contribution < -0.4 is 0 Å². The Kier molecular flexibility index (Phi) is 5.65. The maximum atomic E-state index is 11.9. The van der Waals surface area contributed by atoms with Gasteiger partial charge in [0.25, 0.3) is 0 Å². The van der Waals surface area contributed by atoms with Crippen molar-refractivity contribution in [2.45, 2.75) is 19.3 Å². The zero-order valence-electron chi connectivity index (χ0n) is 14.8. The molecule has 0 heterocycles. The highest BCUT2D eigenvalue weighted by atomic mass is 16.4. The SMILES string of the molecule is CC(CC(C(=O)O)c1ccccc1)=C(c1ccccc1)c1ccccc1. The Balaban J connectivity index is 2.06. The van der Waals surface area contributed by atoms with E-state index in [1.807, 2.05) is 73.7 Å². The number of hydrogen-bond acceptors (Lipinski definition) is 1. The van der Waals surface area contributed by atoms with E-state index in [1.54, 1.807) is 0 Å². The maximum Gasteiger partial charge on any atom is 0.311 e. The van der Waals surface area contributed by atoms with E-state index in [-0.39, 0.29) is 0 Å². The lowest BCUT2D eigenvalue weighted by atomic mass is 9.86. The predicted molar refractivity (Wildman–Crippen MR) is 106 cm³/mol. The summed E-state index contributed by atoms with van der Waals surface area (Å²) in [6, 6.07) is 29.8. The molecule has 0 fully saturated rings. The predicted octanol–water partition coefficient (Wildman–Crippen LogP) is 5.77. The Hall–Kier alpha value is -3.13. The number of benzene rings is 3. The normalized spacial score (nSPS) is 11.6. The summed E-state index contributed by atoms with van der Waals surface area (Å²) in [6.45, 7) is 2.04. The largest absolute Gasteiger partial charge is 0.481 e. The van der Waals surface area contributed by atoms with Crippen LogP contribution in [0.3, 0.4) is 0 Å². The van der Waals surface area contributed by atoms with Gasteiger partial charge < -0.3 is 5.11 Å². The first-order valence-corrected chi connectivity index (χ1v) is 8.75. The monoisotopic (exact) mass is 342 g/mol. The Bertz CT molecular complexity index is 840. The van der Waals surface area contributed by atoms with Crippen molar-refractivity contribution in [2.75, 3.05) is 0 Å². The van der Waals surface area contributed by atoms with Crippen molar-refractivity contribution in [1.29, 1.82) is 0 Å². The Morgan fingerprint density at radius 1 is 0.769 bits per heavy atom. The van der Waals surface area contributed by atoms with Crippen LogP contribution in [-0.4, -0.2) is 11.1 Å². The van der Waals surface area contributed by atoms with Gasteiger partial charge in [-0.3, -0.25) is 4.79 Å². The third-order valence-electron chi connectivity index (χ3n) is 4.56. The summed E-state index contributed by atoms with van der Waals surface area (Å²) in [6.07, 6.45) is 0.471. The Labute approximate surface area is 154 Å². The van der Waals surface area contributed by atoms with Crippen molar-refractivity contribution in [3.8, 4) is 0 Å². The molecule has 130 valence electrons. The standard InChI is InChI=1S/C24H22O2/c1-18(17-22(24(25)26)19-11-5-2-6-12-19)23(20-13-7-3-8-14-20)21-15-9-4-10-16-21/h2-16,22H,17H2,1H3,(H,25,26). The quantitative estimate of drug-likeness (QED) is 0.618. The summed E-state index contributed by atoms with van der Waals surface area (Å²) in [4.78, 5) is 11.9. The molecule has 0 aliphatic rings. The minimum atomic E-state index is -0.795. The van der Waals surface area contributed by atoms with Crippen molar-refractivity contribution >= 4 is 11.5 Å². The highest BCUT2D eigenvalue weighted by molar-refractivity contribution is 5.83. The number of carboxylic acids is 1. The van der Waals surface area contributed by atoms with Crippen molar-refractivity contribution < 1.29 is 9.90 Å². The molecule has 2 heteroatoms. The number of rotatable bonds is 6. The summed E-state index contributed by atoms with van der Waals surface area (Å²) in [5.41, 5.74) is 5.22. The molecule has 0 saturated heterocycles. The molecule has 1 unspecified atom stereocenters. The molecule has 0 spiro atoms. The van der Waals surface area contributed by atoms with E-state index in [2.05, 4.69) is 24.3 Å². The number of allylic oxidation sites excluding steroid dienone is 1. The van der Waals surface area contributed by atoms with Crippen LogP contribution in [-0.2, 0) is 4.79 Å². The molecule has 0 bridgehead atoms. The molecule has 3 aromatic rings. The molecule has 0 radical (unpaired) electrons. The molecular weight excluding hydrogens is 320 g/mol. The van der Waals surface area contributed by atoms with Gasteiger partial charge in [-0.2, -0.15) is 0 Å². The molecular formula is C24H22O2. The van der Waals surface area contributed by atoms with Crippen molar-refractivity contribution in [3.05, 3.63) is 113 Å². The van der Waals surface area contributed by atoms with E-state index < -0.39 is 11.9 Å². The molecule has 1 N–H and O–H groups in total. The Morgan fingerprint density at radius 3 is 1.62 bits per heavy atom. The highest BCUT2D eigenvalue weighted by Crippen LogP contribution is 2.32. The lowest BCUT2D eigenvalue weighted by molar-refractivity contribution is -0.138. The van der Waals surface area contributed by atoms with Gasteiger partial charge in [-0.05, 0) is 35.6 Å². The van der Waals surface area contributed by atoms with Gasteiger partial charge in [-0.15, -0.1) is 0 Å². The summed E-state index contributed by atoms with van der Waals surface area (Å²) in [7, 11) is 0. The molecule has 0 aliphatic heterocycles. The van der Waals surface area contributed by atoms with Crippen LogP contribution in [0.4, 0.5) is 0 Å². The average molecular weight is 342 g/mol. The van der Waals surface area contributed by atoms with Gasteiger partial charge in [0.2, 0.25) is 0 Å². The van der Waals surface area contributed by atoms with Gasteiger partial charge in [0.1, 0.15) is 0 Å². The summed E-state index contributed by atoms with van der Waals surface area (Å²) >= 11 is 0. The first-order chi connectivity index (χ1) is 12.7. The third kappa shape index (κ3) is 4.09. The first kappa shape index (κ1) is 17.7. The van der Waals surface area contributed by atoms with Crippen LogP contribution in [0.25, 0.3) is 5.57 Å². The van der Waals surface area contributed by atoms with Gasteiger partial charge in [0.15, 0.2) is 0 Å². The summed E-state index contributed by atoms with van der Waals surface area (Å²) < 4.78 is 0. The second-order valence-corrected chi connectivity index (χ2v) is 6.39. The van der Waals surface area contributed by atoms with Crippen molar-refractivity contribution in [3.63, 3.8) is 0 Å². The molecule has 0 amide bonds. The summed E-state index contributed by atoms with van der Waals surface area (Å²) in [5.74, 6) is -1.35. The fraction of sp³-hybridized carbons (Fsp3) is 0.125. The van der Waals surface area contributed by atoms with E-state index in [9.17, 15) is 9.90 Å². The minimum Gasteiger partial charge on any atom is -0.481 e. The molecule has 0 aromatic heterocycles. The van der Waals surface area contributed by atoms with Crippen LogP contribution in [0, 0.1) is 0 Å². The topological polar surface area (TPSA) is 37.3 Å². The molecule has 2 nitrogen and oxygen atoms in total. The summed E-state index contributed by atoms with van der Waals surface area (Å²) in [5, 5.41) is 9.78. The number of carboxylic acid groups (broad SMARTS) is 1. The molecule has 0 aliphatic carbocycles. The second-order valence-electron chi connectivity index (χ2n) is 6.39. The molecule has 26 heavy (non-hydrogen) atoms. The average Bonchev–Trinajstić information content (AvgIpc) is 2.68. The molecule has 0 saturated carbocycles. The van der Waals surface area contributed by atoms with Gasteiger partial charge in [-0.25, -0.2) is 0 Å². The molecule has 3 aromatic carbocycles. The second kappa shape index (κ2) is 8.30. The van der Waals surface area contributed by atoms with Crippen LogP contribution in [0.2, 0.25) is 0 Å². The fourth-order valence-corrected chi connectivity index (χ4v) is 3.31. The van der Waals surface area contributed by atoms with Gasteiger partial charge in [-0.1, -0.05) is 96.6 Å². The smallest absolute Gasteiger partial charge is 0.311 e. The van der Waals surface area contributed by atoms with Crippen LogP contribution in [0.1, 0.15) is 36.0 Å². The van der Waals surface area contributed by atoms with E-state index in [1.165, 1.54) is 0 Å². The Morgan fingerprint density at radius 2 is 1.19 bits per heavy atom. The fourth-order valence-electron chi connectivity index (χ4n) is 3.31. The first-order valence-electron chi connectivity index (χ1n) is 8.75. The lowest BCUT2D eigenvalue weighted by Crippen LogP contribution is -2.12. The molecule has 1 atom stereocenters. The van der Waals surface area contributed by atoms with E-state index >= 15 is 0 Å². The van der Waals surface area contributed by atoms with Gasteiger partial charge >= 0.3 is 5.97 Å². The lowest BCUT2D eigenvalue weighted by Gasteiger charge is -2.18. The third-order valence-corrected chi connectivity index (χ3v) is 4.56. The molecule has 3 rings (SSSR count). The van der Waals surface area contributed by atoms with E-state index in [0.29, 0.717) is 6.42 Å². The number of hydrogen-bond donors (Lipinski definition) is 1. The van der Waals surface area contributed by atoms with Gasteiger partial charge in [0.05, 0.1) is 5.92 Å². The van der Waals surface area contributed by atoms with E-state index in [0.717, 1.165) is 27.8 Å². The maximum absolute atomic E-state index is 11.9. The van der Waals surface area contributed by atoms with Crippen molar-refractivity contribution in [2.24, 2.45) is 0 Å². The number of aliphatic carboxylic acids is 1. The highest BCUT2D eigenvalue weighted by Gasteiger charge is 2.22. The number of carbonyl (C=O) groups is 1. The van der Waals surface area contributed by atoms with Gasteiger partial charge in [0, 0.05) is 0 Å². The zero-order valence-corrected chi connectivity index (χ0v) is 14.8. The van der Waals surface area contributed by atoms with Crippen molar-refractivity contribution in [1.82, 2.24) is 0 Å². The van der Waals surface area contributed by atoms with E-state index in [4.69, 9.17) is 0 Å². The minimum absolute atomic E-state index is 0.471. The van der Waals surface area contributed by atoms with Crippen LogP contribution in [0.5, 0.6) is 0 Å². The van der Waals surface area contributed by atoms with Crippen LogP contribution in [0.15, 0.2) is 96.6 Å². The zero-order chi connectivity index (χ0) is 18.4. The van der Waals surface area contributed by atoms with Crippen LogP contribution >= 0.6 is 0 Å².